The Hall–Kier alpha value is -0.950. The van der Waals surface area contributed by atoms with E-state index < -0.39 is 10.0 Å². The van der Waals surface area contributed by atoms with Gasteiger partial charge in [-0.05, 0) is 65.0 Å². The van der Waals surface area contributed by atoms with Gasteiger partial charge in [-0.15, -0.1) is 0 Å². The molecule has 0 aromatic heterocycles. The van der Waals surface area contributed by atoms with E-state index in [2.05, 4.69) is 36.0 Å². The van der Waals surface area contributed by atoms with Crippen LogP contribution >= 0.6 is 0 Å². The Morgan fingerprint density at radius 3 is 2.65 bits per heavy atom. The monoisotopic (exact) mass is 339 g/mol. The van der Waals surface area contributed by atoms with Crippen molar-refractivity contribution < 1.29 is 8.42 Å². The summed E-state index contributed by atoms with van der Waals surface area (Å²) in [6.45, 7) is 2.10. The van der Waals surface area contributed by atoms with E-state index in [4.69, 9.17) is 0 Å². The highest BCUT2D eigenvalue weighted by molar-refractivity contribution is 7.89. The molecule has 0 heterocycles. The molecule has 0 radical (unpaired) electrons. The summed E-state index contributed by atoms with van der Waals surface area (Å²) in [5, 5.41) is 3.67. The lowest BCUT2D eigenvalue weighted by atomic mass is 9.89. The maximum absolute atomic E-state index is 11.9. The van der Waals surface area contributed by atoms with E-state index in [0.29, 0.717) is 17.0 Å². The zero-order chi connectivity index (χ0) is 17.0. The van der Waals surface area contributed by atoms with Crippen molar-refractivity contribution in [1.82, 2.24) is 14.9 Å². The lowest BCUT2D eigenvalue weighted by Crippen LogP contribution is -2.42. The quantitative estimate of drug-likeness (QED) is 0.833. The minimum absolute atomic E-state index is 0.132. The topological polar surface area (TPSA) is 61.4 Å². The van der Waals surface area contributed by atoms with Crippen LogP contribution in [0.2, 0.25) is 0 Å². The third kappa shape index (κ3) is 4.76. The number of nitrogens with one attached hydrogen (secondary N) is 2. The molecule has 2 N–H and O–H groups in total. The molecule has 1 fully saturated rings. The van der Waals surface area contributed by atoms with E-state index in [0.717, 1.165) is 12.0 Å². The predicted octanol–water partition coefficient (Wildman–Crippen LogP) is 2.12. The molecule has 2 rings (SSSR count). The highest BCUT2D eigenvalue weighted by Crippen LogP contribution is 2.25. The molecule has 0 bridgehead atoms. The van der Waals surface area contributed by atoms with Gasteiger partial charge in [0, 0.05) is 18.1 Å². The van der Waals surface area contributed by atoms with Gasteiger partial charge in [-0.2, -0.15) is 0 Å². The summed E-state index contributed by atoms with van der Waals surface area (Å²) in [5.41, 5.74) is 1.01. The van der Waals surface area contributed by atoms with Crippen LogP contribution in [0.5, 0.6) is 0 Å². The van der Waals surface area contributed by atoms with Crippen molar-refractivity contribution in [2.45, 2.75) is 55.6 Å². The van der Waals surface area contributed by atoms with Gasteiger partial charge in [0.2, 0.25) is 10.0 Å². The lowest BCUT2D eigenvalue weighted by Gasteiger charge is -2.35. The van der Waals surface area contributed by atoms with Gasteiger partial charge in [0.1, 0.15) is 0 Å². The molecule has 0 spiro atoms. The molecule has 5 nitrogen and oxygen atoms in total. The zero-order valence-electron chi connectivity index (χ0n) is 14.5. The van der Waals surface area contributed by atoms with Gasteiger partial charge in [-0.25, -0.2) is 13.1 Å². The number of hydrogen-bond acceptors (Lipinski definition) is 4. The number of nitrogens with zero attached hydrogens (tertiary/aromatic N) is 1. The van der Waals surface area contributed by atoms with E-state index in [1.54, 1.807) is 18.2 Å². The van der Waals surface area contributed by atoms with Crippen molar-refractivity contribution in [2.75, 3.05) is 21.1 Å². The fraction of sp³-hybridized carbons (Fsp3) is 0.647. The summed E-state index contributed by atoms with van der Waals surface area (Å²) in [4.78, 5) is 2.62. The smallest absolute Gasteiger partial charge is 0.240 e. The molecular formula is C17H29N3O2S. The van der Waals surface area contributed by atoms with Crippen LogP contribution in [0.25, 0.3) is 0 Å². The van der Waals surface area contributed by atoms with Crippen molar-refractivity contribution in [3.8, 4) is 0 Å². The standard InChI is InChI=1S/C17H29N3O2S/c1-13(19-15-8-6-9-16(12-15)20(3)4)14-7-5-10-17(11-14)23(21,22)18-2/h5,7,10-11,13,15-16,18-19H,6,8-9,12H2,1-4H3/t13-,15-,16-/m0/s1. The first-order valence-electron chi connectivity index (χ1n) is 8.29. The molecule has 1 aromatic carbocycles. The minimum Gasteiger partial charge on any atom is -0.307 e. The largest absolute Gasteiger partial charge is 0.307 e. The Morgan fingerprint density at radius 1 is 1.26 bits per heavy atom. The van der Waals surface area contributed by atoms with E-state index in [9.17, 15) is 8.42 Å². The van der Waals surface area contributed by atoms with Crippen molar-refractivity contribution in [2.24, 2.45) is 0 Å². The van der Waals surface area contributed by atoms with Gasteiger partial charge in [0.25, 0.3) is 0 Å². The van der Waals surface area contributed by atoms with Crippen LogP contribution in [0.3, 0.4) is 0 Å². The SMILES string of the molecule is CNS(=O)(=O)c1cccc([C@H](C)N[C@H]2CCC[C@H](N(C)C)C2)c1. The Labute approximate surface area is 140 Å². The molecule has 0 saturated heterocycles. The van der Waals surface area contributed by atoms with Crippen LogP contribution in [0, 0.1) is 0 Å². The maximum atomic E-state index is 11.9. The van der Waals surface area contributed by atoms with E-state index in [-0.39, 0.29) is 6.04 Å². The molecule has 1 saturated carbocycles. The highest BCUT2D eigenvalue weighted by atomic mass is 32.2. The third-order valence-electron chi connectivity index (χ3n) is 4.80. The summed E-state index contributed by atoms with van der Waals surface area (Å²) in [6.07, 6.45) is 4.83. The average molecular weight is 340 g/mol. The Bertz CT molecular complexity index is 616. The molecular weight excluding hydrogens is 310 g/mol. The predicted molar refractivity (Wildman–Crippen MR) is 94.0 cm³/mol. The molecule has 23 heavy (non-hydrogen) atoms. The van der Waals surface area contributed by atoms with E-state index in [1.165, 1.54) is 26.3 Å². The molecule has 3 atom stereocenters. The summed E-state index contributed by atoms with van der Waals surface area (Å²) < 4.78 is 26.3. The molecule has 6 heteroatoms. The van der Waals surface area contributed by atoms with E-state index >= 15 is 0 Å². The number of hydrogen-bond donors (Lipinski definition) is 2. The van der Waals surface area contributed by atoms with Crippen LogP contribution in [-0.2, 0) is 10.0 Å². The Morgan fingerprint density at radius 2 is 2.00 bits per heavy atom. The normalized spacial score (nSPS) is 23.9. The van der Waals surface area contributed by atoms with Gasteiger partial charge in [-0.3, -0.25) is 0 Å². The maximum Gasteiger partial charge on any atom is 0.240 e. The molecule has 1 aromatic rings. The fourth-order valence-electron chi connectivity index (χ4n) is 3.30. The number of benzene rings is 1. The molecule has 1 aliphatic carbocycles. The van der Waals surface area contributed by atoms with Crippen molar-refractivity contribution in [3.05, 3.63) is 29.8 Å². The zero-order valence-corrected chi connectivity index (χ0v) is 15.4. The molecule has 0 amide bonds. The first-order chi connectivity index (χ1) is 10.8. The third-order valence-corrected chi connectivity index (χ3v) is 6.21. The van der Waals surface area contributed by atoms with Crippen LogP contribution in [0.1, 0.15) is 44.2 Å². The summed E-state index contributed by atoms with van der Waals surface area (Å²) in [7, 11) is 2.33. The first-order valence-corrected chi connectivity index (χ1v) is 9.78. The highest BCUT2D eigenvalue weighted by Gasteiger charge is 2.24. The van der Waals surface area contributed by atoms with Crippen molar-refractivity contribution in [1.29, 1.82) is 0 Å². The second-order valence-electron chi connectivity index (χ2n) is 6.65. The summed E-state index contributed by atoms with van der Waals surface area (Å²) in [6, 6.07) is 8.42. The van der Waals surface area contributed by atoms with Crippen molar-refractivity contribution in [3.63, 3.8) is 0 Å². The summed E-state index contributed by atoms with van der Waals surface area (Å²) in [5.74, 6) is 0. The second kappa shape index (κ2) is 7.75. The number of rotatable bonds is 6. The van der Waals surface area contributed by atoms with Gasteiger partial charge < -0.3 is 10.2 Å². The molecule has 130 valence electrons. The van der Waals surface area contributed by atoms with Gasteiger partial charge in [0.15, 0.2) is 0 Å². The summed E-state index contributed by atoms with van der Waals surface area (Å²) >= 11 is 0. The molecule has 0 aliphatic heterocycles. The van der Waals surface area contributed by atoms with Crippen LogP contribution < -0.4 is 10.0 Å². The van der Waals surface area contributed by atoms with Gasteiger partial charge in [0.05, 0.1) is 4.90 Å². The molecule has 0 unspecified atom stereocenters. The van der Waals surface area contributed by atoms with E-state index in [1.807, 2.05) is 6.07 Å². The van der Waals surface area contributed by atoms with Crippen LogP contribution in [-0.4, -0.2) is 46.5 Å². The lowest BCUT2D eigenvalue weighted by molar-refractivity contribution is 0.193. The minimum atomic E-state index is -3.39. The van der Waals surface area contributed by atoms with Gasteiger partial charge in [-0.1, -0.05) is 18.6 Å². The van der Waals surface area contributed by atoms with Crippen molar-refractivity contribution >= 4 is 10.0 Å². The van der Waals surface area contributed by atoms with Crippen LogP contribution in [0.4, 0.5) is 0 Å². The molecule has 1 aliphatic rings. The Kier molecular flexibility index (Phi) is 6.19. The first kappa shape index (κ1) is 18.4. The number of sulfonamides is 1. The second-order valence-corrected chi connectivity index (χ2v) is 8.54. The average Bonchev–Trinajstić information content (AvgIpc) is 2.55. The fourth-order valence-corrected chi connectivity index (χ4v) is 4.09. The Balaban J connectivity index is 2.06. The van der Waals surface area contributed by atoms with Crippen LogP contribution in [0.15, 0.2) is 29.2 Å². The van der Waals surface area contributed by atoms with Gasteiger partial charge >= 0.3 is 0 Å².